The van der Waals surface area contributed by atoms with Gasteiger partial charge in [0.05, 0.1) is 5.56 Å². The summed E-state index contributed by atoms with van der Waals surface area (Å²) < 4.78 is 5.44. The first-order chi connectivity index (χ1) is 11.1. The predicted molar refractivity (Wildman–Crippen MR) is 89.1 cm³/mol. The number of ketones is 1. The van der Waals surface area contributed by atoms with Crippen LogP contribution in [0.5, 0.6) is 0 Å². The highest BCUT2D eigenvalue weighted by Crippen LogP contribution is 2.24. The molecule has 0 bridgehead atoms. The Labute approximate surface area is 135 Å². The van der Waals surface area contributed by atoms with Crippen molar-refractivity contribution >= 4 is 17.4 Å². The lowest BCUT2D eigenvalue weighted by molar-refractivity contribution is 0.0257. The van der Waals surface area contributed by atoms with E-state index in [2.05, 4.69) is 0 Å². The van der Waals surface area contributed by atoms with Gasteiger partial charge in [0, 0.05) is 25.3 Å². The van der Waals surface area contributed by atoms with E-state index in [1.54, 1.807) is 18.2 Å². The first-order valence-electron chi connectivity index (χ1n) is 7.67. The molecule has 0 unspecified atom stereocenters. The van der Waals surface area contributed by atoms with Gasteiger partial charge < -0.3 is 9.64 Å². The van der Waals surface area contributed by atoms with Gasteiger partial charge in [0.2, 0.25) is 5.78 Å². The van der Waals surface area contributed by atoms with Crippen LogP contribution in [0.3, 0.4) is 0 Å². The standard InChI is InChI=1S/C19H19NO3/c1-20(2)15-10-7-14(8-11-15)19(22)23-17-12-9-13-5-3-4-6-16(13)18(17)21/h3-8,10-11,17H,9,12H2,1-2H3/t17-/m0/s1. The number of Topliss-reactive ketones (excluding diaryl/α,β-unsaturated/α-hetero) is 1. The number of carbonyl (C=O) groups excluding carboxylic acids is 2. The summed E-state index contributed by atoms with van der Waals surface area (Å²) in [5, 5.41) is 0. The molecule has 2 aromatic carbocycles. The second kappa shape index (κ2) is 6.24. The van der Waals surface area contributed by atoms with E-state index in [-0.39, 0.29) is 5.78 Å². The molecular weight excluding hydrogens is 290 g/mol. The smallest absolute Gasteiger partial charge is 0.338 e. The van der Waals surface area contributed by atoms with Crippen molar-refractivity contribution in [3.8, 4) is 0 Å². The van der Waals surface area contributed by atoms with Crippen molar-refractivity contribution in [1.82, 2.24) is 0 Å². The van der Waals surface area contributed by atoms with Gasteiger partial charge in [-0.15, -0.1) is 0 Å². The Morgan fingerprint density at radius 1 is 1.09 bits per heavy atom. The fraction of sp³-hybridized carbons (Fsp3) is 0.263. The molecule has 1 aliphatic carbocycles. The topological polar surface area (TPSA) is 46.6 Å². The van der Waals surface area contributed by atoms with E-state index < -0.39 is 12.1 Å². The van der Waals surface area contributed by atoms with E-state index in [0.717, 1.165) is 17.7 Å². The maximum Gasteiger partial charge on any atom is 0.338 e. The molecule has 0 fully saturated rings. The van der Waals surface area contributed by atoms with Gasteiger partial charge in [-0.2, -0.15) is 0 Å². The summed E-state index contributed by atoms with van der Waals surface area (Å²) in [6, 6.07) is 14.7. The summed E-state index contributed by atoms with van der Waals surface area (Å²) in [4.78, 5) is 26.7. The lowest BCUT2D eigenvalue weighted by Gasteiger charge is -2.23. The Balaban J connectivity index is 1.72. The van der Waals surface area contributed by atoms with Crippen LogP contribution in [0.25, 0.3) is 0 Å². The zero-order valence-electron chi connectivity index (χ0n) is 13.3. The molecule has 1 atom stereocenters. The highest BCUT2D eigenvalue weighted by atomic mass is 16.5. The highest BCUT2D eigenvalue weighted by Gasteiger charge is 2.30. The minimum absolute atomic E-state index is 0.106. The van der Waals surface area contributed by atoms with E-state index in [0.29, 0.717) is 17.5 Å². The molecule has 2 aromatic rings. The van der Waals surface area contributed by atoms with Crippen LogP contribution in [0.4, 0.5) is 5.69 Å². The fourth-order valence-electron chi connectivity index (χ4n) is 2.78. The molecule has 0 N–H and O–H groups in total. The summed E-state index contributed by atoms with van der Waals surface area (Å²) in [5.41, 5.74) is 3.16. The molecule has 3 rings (SSSR count). The van der Waals surface area contributed by atoms with Crippen molar-refractivity contribution in [2.75, 3.05) is 19.0 Å². The number of nitrogens with zero attached hydrogens (tertiary/aromatic N) is 1. The second-order valence-corrected chi connectivity index (χ2v) is 5.90. The SMILES string of the molecule is CN(C)c1ccc(C(=O)O[C@H]2CCc3ccccc3C2=O)cc1. The molecule has 23 heavy (non-hydrogen) atoms. The molecule has 118 valence electrons. The molecular formula is C19H19NO3. The van der Waals surface area contributed by atoms with Gasteiger partial charge in [0.25, 0.3) is 0 Å². The number of rotatable bonds is 3. The Hall–Kier alpha value is -2.62. The van der Waals surface area contributed by atoms with E-state index >= 15 is 0 Å². The number of carbonyl (C=O) groups is 2. The Kier molecular flexibility index (Phi) is 4.15. The van der Waals surface area contributed by atoms with Crippen LogP contribution < -0.4 is 4.90 Å². The van der Waals surface area contributed by atoms with Crippen LogP contribution in [-0.2, 0) is 11.2 Å². The van der Waals surface area contributed by atoms with E-state index in [1.807, 2.05) is 49.3 Å². The average Bonchev–Trinajstić information content (AvgIpc) is 2.57. The molecule has 0 saturated heterocycles. The molecule has 0 aliphatic heterocycles. The quantitative estimate of drug-likeness (QED) is 0.817. The largest absolute Gasteiger partial charge is 0.450 e. The zero-order valence-corrected chi connectivity index (χ0v) is 13.3. The average molecular weight is 309 g/mol. The molecule has 4 nitrogen and oxygen atoms in total. The van der Waals surface area contributed by atoms with Crippen molar-refractivity contribution in [2.45, 2.75) is 18.9 Å². The molecule has 0 saturated carbocycles. The van der Waals surface area contributed by atoms with Crippen LogP contribution in [-0.4, -0.2) is 32.0 Å². The third-order valence-electron chi connectivity index (χ3n) is 4.12. The van der Waals surface area contributed by atoms with Crippen molar-refractivity contribution < 1.29 is 14.3 Å². The van der Waals surface area contributed by atoms with Crippen LogP contribution >= 0.6 is 0 Å². The number of aryl methyl sites for hydroxylation is 1. The molecule has 0 heterocycles. The summed E-state index contributed by atoms with van der Waals surface area (Å²) in [5.74, 6) is -0.557. The molecule has 4 heteroatoms. The fourth-order valence-corrected chi connectivity index (χ4v) is 2.78. The van der Waals surface area contributed by atoms with Crippen molar-refractivity contribution in [3.63, 3.8) is 0 Å². The Bertz CT molecular complexity index is 735. The molecule has 0 aromatic heterocycles. The third-order valence-corrected chi connectivity index (χ3v) is 4.12. The minimum Gasteiger partial charge on any atom is -0.450 e. The normalized spacial score (nSPS) is 16.6. The van der Waals surface area contributed by atoms with Crippen LogP contribution in [0.15, 0.2) is 48.5 Å². The highest BCUT2D eigenvalue weighted by molar-refractivity contribution is 6.03. The number of hydrogen-bond acceptors (Lipinski definition) is 4. The summed E-state index contributed by atoms with van der Waals surface area (Å²) in [6.07, 6.45) is 0.600. The third kappa shape index (κ3) is 3.11. The predicted octanol–water partition coefficient (Wildman–Crippen LogP) is 3.11. The van der Waals surface area contributed by atoms with Gasteiger partial charge in [-0.05, 0) is 42.7 Å². The first-order valence-corrected chi connectivity index (χ1v) is 7.67. The summed E-state index contributed by atoms with van der Waals surface area (Å²) in [6.45, 7) is 0. The Morgan fingerprint density at radius 3 is 2.48 bits per heavy atom. The van der Waals surface area contributed by atoms with E-state index in [9.17, 15) is 9.59 Å². The summed E-state index contributed by atoms with van der Waals surface area (Å²) >= 11 is 0. The molecule has 0 spiro atoms. The summed E-state index contributed by atoms with van der Waals surface area (Å²) in [7, 11) is 3.87. The molecule has 1 aliphatic rings. The van der Waals surface area contributed by atoms with Gasteiger partial charge in [0.15, 0.2) is 6.10 Å². The molecule has 0 radical (unpaired) electrons. The Morgan fingerprint density at radius 2 is 1.78 bits per heavy atom. The number of ether oxygens (including phenoxy) is 1. The van der Waals surface area contributed by atoms with E-state index in [4.69, 9.17) is 4.74 Å². The van der Waals surface area contributed by atoms with Gasteiger partial charge in [0.1, 0.15) is 0 Å². The second-order valence-electron chi connectivity index (χ2n) is 5.90. The van der Waals surface area contributed by atoms with Gasteiger partial charge >= 0.3 is 5.97 Å². The number of fused-ring (bicyclic) bond motifs is 1. The lowest BCUT2D eigenvalue weighted by atomic mass is 9.89. The number of esters is 1. The van der Waals surface area contributed by atoms with Crippen LogP contribution in [0, 0.1) is 0 Å². The van der Waals surface area contributed by atoms with Gasteiger partial charge in [-0.1, -0.05) is 24.3 Å². The number of benzene rings is 2. The monoisotopic (exact) mass is 309 g/mol. The zero-order chi connectivity index (χ0) is 16.4. The van der Waals surface area contributed by atoms with Crippen molar-refractivity contribution in [1.29, 1.82) is 0 Å². The molecule has 0 amide bonds. The van der Waals surface area contributed by atoms with Crippen LogP contribution in [0.2, 0.25) is 0 Å². The number of hydrogen-bond donors (Lipinski definition) is 0. The number of anilines is 1. The minimum atomic E-state index is -0.689. The van der Waals surface area contributed by atoms with Crippen molar-refractivity contribution in [3.05, 3.63) is 65.2 Å². The lowest BCUT2D eigenvalue weighted by Crippen LogP contribution is -2.32. The van der Waals surface area contributed by atoms with E-state index in [1.165, 1.54) is 0 Å². The maximum atomic E-state index is 12.4. The van der Waals surface area contributed by atoms with Crippen molar-refractivity contribution in [2.24, 2.45) is 0 Å². The van der Waals surface area contributed by atoms with Crippen LogP contribution in [0.1, 0.15) is 32.7 Å². The van der Waals surface area contributed by atoms with Gasteiger partial charge in [-0.3, -0.25) is 4.79 Å². The first kappa shape index (κ1) is 15.3. The maximum absolute atomic E-state index is 12.4. The van der Waals surface area contributed by atoms with Gasteiger partial charge in [-0.25, -0.2) is 4.79 Å².